The molecule has 94 valence electrons. The predicted molar refractivity (Wildman–Crippen MR) is 74.7 cm³/mol. The minimum atomic E-state index is 0.102. The van der Waals surface area contributed by atoms with Gasteiger partial charge < -0.3 is 10.1 Å². The van der Waals surface area contributed by atoms with E-state index in [4.69, 9.17) is 4.74 Å². The maximum Gasteiger partial charge on any atom is 0.123 e. The van der Waals surface area contributed by atoms with Crippen LogP contribution in [0.5, 0.6) is 5.75 Å². The molecule has 0 spiro atoms. The molecule has 0 amide bonds. The lowest BCUT2D eigenvalue weighted by molar-refractivity contribution is 0.218. The first-order chi connectivity index (χ1) is 7.97. The Morgan fingerprint density at radius 3 is 2.71 bits per heavy atom. The Morgan fingerprint density at radius 1 is 1.35 bits per heavy atom. The minimum Gasteiger partial charge on any atom is -0.489 e. The maximum absolute atomic E-state index is 6.10. The molecule has 2 nitrogen and oxygen atoms in total. The summed E-state index contributed by atoms with van der Waals surface area (Å²) in [6, 6.07) is 6.29. The van der Waals surface area contributed by atoms with E-state index < -0.39 is 0 Å². The molecule has 1 fully saturated rings. The zero-order valence-electron chi connectivity index (χ0n) is 10.7. The molecule has 1 aromatic carbocycles. The second-order valence-electron chi connectivity index (χ2n) is 5.62. The van der Waals surface area contributed by atoms with Gasteiger partial charge in [-0.2, -0.15) is 0 Å². The van der Waals surface area contributed by atoms with Gasteiger partial charge in [0.15, 0.2) is 0 Å². The Hall–Kier alpha value is -0.540. The Bertz CT molecular complexity index is 392. The lowest BCUT2D eigenvalue weighted by Gasteiger charge is -2.25. The third-order valence-corrected chi connectivity index (χ3v) is 3.55. The fourth-order valence-electron chi connectivity index (χ4n) is 2.10. The molecule has 0 saturated carbocycles. The number of hydrogen-bond donors (Lipinski definition) is 1. The molecule has 1 atom stereocenters. The highest BCUT2D eigenvalue weighted by molar-refractivity contribution is 9.10. The summed E-state index contributed by atoms with van der Waals surface area (Å²) in [6.45, 7) is 8.67. The number of ether oxygens (including phenoxy) is 1. The molecule has 3 heteroatoms. The summed E-state index contributed by atoms with van der Waals surface area (Å²) >= 11 is 3.53. The van der Waals surface area contributed by atoms with Crippen LogP contribution in [0, 0.1) is 0 Å². The number of rotatable bonds is 2. The van der Waals surface area contributed by atoms with Gasteiger partial charge in [0.05, 0.1) is 0 Å². The van der Waals surface area contributed by atoms with Crippen LogP contribution in [0.3, 0.4) is 0 Å². The first-order valence-electron chi connectivity index (χ1n) is 6.14. The van der Waals surface area contributed by atoms with Gasteiger partial charge in [-0.1, -0.05) is 36.7 Å². The number of nitrogens with one attached hydrogen (secondary N) is 1. The van der Waals surface area contributed by atoms with Crippen molar-refractivity contribution in [1.29, 1.82) is 0 Å². The van der Waals surface area contributed by atoms with Crippen molar-refractivity contribution in [3.05, 3.63) is 28.2 Å². The molecule has 1 aliphatic heterocycles. The van der Waals surface area contributed by atoms with Crippen LogP contribution >= 0.6 is 15.9 Å². The van der Waals surface area contributed by atoms with Gasteiger partial charge >= 0.3 is 0 Å². The summed E-state index contributed by atoms with van der Waals surface area (Å²) in [5.74, 6) is 1.02. The van der Waals surface area contributed by atoms with Crippen LogP contribution in [0.1, 0.15) is 32.8 Å². The van der Waals surface area contributed by atoms with E-state index >= 15 is 0 Å². The largest absolute Gasteiger partial charge is 0.489 e. The normalized spacial score (nSPS) is 20.6. The Balaban J connectivity index is 2.25. The average Bonchev–Trinajstić information content (AvgIpc) is 2.72. The van der Waals surface area contributed by atoms with Gasteiger partial charge in [0, 0.05) is 16.6 Å². The van der Waals surface area contributed by atoms with Crippen LogP contribution in [0.2, 0.25) is 0 Å². The SMILES string of the molecule is CC(C)(C)c1cc(Br)ccc1O[C@H]1CCNC1. The molecule has 1 aromatic rings. The molecular formula is C14H20BrNO. The van der Waals surface area contributed by atoms with Crippen molar-refractivity contribution in [3.63, 3.8) is 0 Å². The van der Waals surface area contributed by atoms with Crippen LogP contribution in [0.15, 0.2) is 22.7 Å². The molecule has 1 saturated heterocycles. The van der Waals surface area contributed by atoms with E-state index in [9.17, 15) is 0 Å². The Labute approximate surface area is 112 Å². The van der Waals surface area contributed by atoms with E-state index in [1.165, 1.54) is 5.56 Å². The van der Waals surface area contributed by atoms with E-state index in [0.29, 0.717) is 6.10 Å². The van der Waals surface area contributed by atoms with Gasteiger partial charge in [-0.25, -0.2) is 0 Å². The van der Waals surface area contributed by atoms with Gasteiger partial charge in [0.25, 0.3) is 0 Å². The summed E-state index contributed by atoms with van der Waals surface area (Å²) in [4.78, 5) is 0. The second kappa shape index (κ2) is 4.99. The zero-order valence-corrected chi connectivity index (χ0v) is 12.3. The van der Waals surface area contributed by atoms with Crippen molar-refractivity contribution in [1.82, 2.24) is 5.32 Å². The molecular weight excluding hydrogens is 278 g/mol. The predicted octanol–water partition coefficient (Wildman–Crippen LogP) is 3.49. The summed E-state index contributed by atoms with van der Waals surface area (Å²) in [5, 5.41) is 3.33. The van der Waals surface area contributed by atoms with Crippen molar-refractivity contribution < 1.29 is 4.74 Å². The molecule has 1 aliphatic rings. The van der Waals surface area contributed by atoms with Crippen molar-refractivity contribution in [3.8, 4) is 5.75 Å². The summed E-state index contributed by atoms with van der Waals surface area (Å²) in [6.07, 6.45) is 1.41. The van der Waals surface area contributed by atoms with Crippen molar-refractivity contribution in [2.24, 2.45) is 0 Å². The molecule has 0 unspecified atom stereocenters. The summed E-state index contributed by atoms with van der Waals surface area (Å²) in [5.41, 5.74) is 1.37. The Kier molecular flexibility index (Phi) is 3.79. The molecule has 2 rings (SSSR count). The second-order valence-corrected chi connectivity index (χ2v) is 6.54. The zero-order chi connectivity index (χ0) is 12.5. The quantitative estimate of drug-likeness (QED) is 0.902. The van der Waals surface area contributed by atoms with Crippen LogP contribution < -0.4 is 10.1 Å². The van der Waals surface area contributed by atoms with E-state index in [1.807, 2.05) is 6.07 Å². The molecule has 1 heterocycles. The highest BCUT2D eigenvalue weighted by Gasteiger charge is 2.22. The van der Waals surface area contributed by atoms with E-state index in [2.05, 4.69) is 54.2 Å². The van der Waals surface area contributed by atoms with Gasteiger partial charge in [-0.3, -0.25) is 0 Å². The van der Waals surface area contributed by atoms with Crippen LogP contribution in [-0.2, 0) is 5.41 Å². The molecule has 17 heavy (non-hydrogen) atoms. The lowest BCUT2D eigenvalue weighted by atomic mass is 9.86. The van der Waals surface area contributed by atoms with E-state index in [-0.39, 0.29) is 5.41 Å². The summed E-state index contributed by atoms with van der Waals surface area (Å²) in [7, 11) is 0. The monoisotopic (exact) mass is 297 g/mol. The first kappa shape index (κ1) is 12.9. The molecule has 0 bridgehead atoms. The highest BCUT2D eigenvalue weighted by atomic mass is 79.9. The molecule has 0 aliphatic carbocycles. The average molecular weight is 298 g/mol. The van der Waals surface area contributed by atoms with E-state index in [0.717, 1.165) is 29.7 Å². The van der Waals surface area contributed by atoms with Crippen molar-refractivity contribution in [2.75, 3.05) is 13.1 Å². The lowest BCUT2D eigenvalue weighted by Crippen LogP contribution is -2.22. The van der Waals surface area contributed by atoms with Gasteiger partial charge in [0.1, 0.15) is 11.9 Å². The van der Waals surface area contributed by atoms with Gasteiger partial charge in [-0.05, 0) is 36.6 Å². The molecule has 0 aromatic heterocycles. The van der Waals surface area contributed by atoms with Crippen molar-refractivity contribution >= 4 is 15.9 Å². The minimum absolute atomic E-state index is 0.102. The number of hydrogen-bond acceptors (Lipinski definition) is 2. The topological polar surface area (TPSA) is 21.3 Å². The third kappa shape index (κ3) is 3.23. The fraction of sp³-hybridized carbons (Fsp3) is 0.571. The Morgan fingerprint density at radius 2 is 2.12 bits per heavy atom. The van der Waals surface area contributed by atoms with Gasteiger partial charge in [-0.15, -0.1) is 0 Å². The van der Waals surface area contributed by atoms with Crippen LogP contribution in [0.25, 0.3) is 0 Å². The van der Waals surface area contributed by atoms with Crippen LogP contribution in [0.4, 0.5) is 0 Å². The maximum atomic E-state index is 6.10. The van der Waals surface area contributed by atoms with Gasteiger partial charge in [0.2, 0.25) is 0 Å². The molecule has 0 radical (unpaired) electrons. The van der Waals surface area contributed by atoms with Crippen molar-refractivity contribution in [2.45, 2.75) is 38.7 Å². The first-order valence-corrected chi connectivity index (χ1v) is 6.93. The molecule has 1 N–H and O–H groups in total. The fourth-order valence-corrected chi connectivity index (χ4v) is 2.46. The standard InChI is InChI=1S/C14H20BrNO/c1-14(2,3)12-8-10(15)4-5-13(12)17-11-6-7-16-9-11/h4-5,8,11,16H,6-7,9H2,1-3H3/t11-/m0/s1. The summed E-state index contributed by atoms with van der Waals surface area (Å²) < 4.78 is 7.22. The number of halogens is 1. The highest BCUT2D eigenvalue weighted by Crippen LogP contribution is 2.34. The smallest absolute Gasteiger partial charge is 0.123 e. The van der Waals surface area contributed by atoms with Crippen LogP contribution in [-0.4, -0.2) is 19.2 Å². The number of benzene rings is 1. The third-order valence-electron chi connectivity index (χ3n) is 3.06. The van der Waals surface area contributed by atoms with E-state index in [1.54, 1.807) is 0 Å².